The highest BCUT2D eigenvalue weighted by Crippen LogP contribution is 2.29. The van der Waals surface area contributed by atoms with Gasteiger partial charge in [0.1, 0.15) is 18.7 Å². The number of piperazine rings is 1. The lowest BCUT2D eigenvalue weighted by Gasteiger charge is -2.34. The summed E-state index contributed by atoms with van der Waals surface area (Å²) < 4.78 is 0.523. The molecule has 2 aromatic heterocycles. The van der Waals surface area contributed by atoms with E-state index in [0.29, 0.717) is 40.2 Å². The highest BCUT2D eigenvalue weighted by atomic mass is 35.5. The zero-order valence-electron chi connectivity index (χ0n) is 17.7. The Labute approximate surface area is 198 Å². The Hall–Kier alpha value is -3.50. The molecule has 1 saturated heterocycles. The summed E-state index contributed by atoms with van der Waals surface area (Å²) >= 11 is 7.25. The first-order valence-corrected chi connectivity index (χ1v) is 11.3. The third kappa shape index (κ3) is 5.12. The number of benzene rings is 1. The molecule has 0 atom stereocenters. The molecule has 0 saturated carbocycles. The van der Waals surface area contributed by atoms with Crippen molar-refractivity contribution < 1.29 is 14.4 Å². The van der Waals surface area contributed by atoms with E-state index in [1.54, 1.807) is 17.0 Å². The number of aromatic nitrogens is 2. The molecule has 0 spiro atoms. The van der Waals surface area contributed by atoms with Crippen LogP contribution in [0.1, 0.15) is 17.4 Å². The van der Waals surface area contributed by atoms with Crippen molar-refractivity contribution in [2.45, 2.75) is 13.5 Å². The minimum Gasteiger partial charge on any atom is -0.383 e. The van der Waals surface area contributed by atoms with Crippen LogP contribution in [0.4, 0.5) is 5.82 Å². The second-order valence-corrected chi connectivity index (χ2v) is 9.23. The molecular formula is C22H21ClN6O3S. The van der Waals surface area contributed by atoms with Crippen molar-refractivity contribution in [3.8, 4) is 0 Å². The molecule has 4 rings (SSSR count). The molecule has 1 aliphatic rings. The molecule has 3 amide bonds. The number of thiophene rings is 1. The number of carbonyl (C=O) groups is 3. The van der Waals surface area contributed by atoms with Gasteiger partial charge in [0.2, 0.25) is 11.8 Å². The van der Waals surface area contributed by atoms with E-state index >= 15 is 0 Å². The van der Waals surface area contributed by atoms with E-state index in [9.17, 15) is 14.4 Å². The van der Waals surface area contributed by atoms with Crippen LogP contribution in [-0.2, 0) is 20.9 Å². The Morgan fingerprint density at radius 2 is 2.06 bits per heavy atom. The van der Waals surface area contributed by atoms with Gasteiger partial charge in [-0.3, -0.25) is 14.4 Å². The summed E-state index contributed by atoms with van der Waals surface area (Å²) in [6.45, 7) is 2.44. The van der Waals surface area contributed by atoms with Crippen LogP contribution in [0.5, 0.6) is 0 Å². The normalized spacial score (nSPS) is 14.6. The van der Waals surface area contributed by atoms with Gasteiger partial charge in [-0.15, -0.1) is 11.3 Å². The fraction of sp³-hybridized carbons (Fsp3) is 0.227. The monoisotopic (exact) mass is 484 g/mol. The van der Waals surface area contributed by atoms with Crippen LogP contribution in [0.3, 0.4) is 0 Å². The summed E-state index contributed by atoms with van der Waals surface area (Å²) in [4.78, 5) is 49.4. The number of carbonyl (C=O) groups excluding carboxylic acids is 3. The maximum Gasteiger partial charge on any atom is 0.257 e. The van der Waals surface area contributed by atoms with Gasteiger partial charge >= 0.3 is 0 Å². The molecule has 33 heavy (non-hydrogen) atoms. The molecule has 9 nitrogen and oxygen atoms in total. The lowest BCUT2D eigenvalue weighted by molar-refractivity contribution is -0.143. The molecule has 0 unspecified atom stereocenters. The summed E-state index contributed by atoms with van der Waals surface area (Å²) in [5.41, 5.74) is 7.78. The molecule has 11 heteroatoms. The van der Waals surface area contributed by atoms with E-state index in [1.807, 2.05) is 18.2 Å². The summed E-state index contributed by atoms with van der Waals surface area (Å²) in [6, 6.07) is 9.01. The Bertz CT molecular complexity index is 1270. The number of halogens is 1. The lowest BCUT2D eigenvalue weighted by Crippen LogP contribution is -2.52. The molecule has 0 radical (unpaired) electrons. The van der Waals surface area contributed by atoms with E-state index < -0.39 is 0 Å². The van der Waals surface area contributed by atoms with Crippen LogP contribution in [-0.4, -0.2) is 57.1 Å². The van der Waals surface area contributed by atoms with Gasteiger partial charge in [0.05, 0.1) is 15.4 Å². The van der Waals surface area contributed by atoms with E-state index in [-0.39, 0.29) is 29.8 Å². The van der Waals surface area contributed by atoms with Crippen molar-refractivity contribution in [2.24, 2.45) is 0 Å². The molecule has 0 bridgehead atoms. The third-order valence-corrected chi connectivity index (χ3v) is 6.46. The number of anilines is 1. The second-order valence-electron chi connectivity index (χ2n) is 7.51. The third-order valence-electron chi connectivity index (χ3n) is 5.20. The smallest absolute Gasteiger partial charge is 0.257 e. The number of fused-ring (bicyclic) bond motifs is 1. The number of hydrogen-bond donors (Lipinski definition) is 2. The number of nitrogens with zero attached hydrogens (tertiary/aromatic N) is 4. The minimum atomic E-state index is -0.340. The van der Waals surface area contributed by atoms with Crippen LogP contribution in [0.15, 0.2) is 42.9 Å². The Morgan fingerprint density at radius 3 is 2.76 bits per heavy atom. The topological polar surface area (TPSA) is 122 Å². The van der Waals surface area contributed by atoms with Crippen LogP contribution < -0.4 is 11.1 Å². The van der Waals surface area contributed by atoms with Crippen LogP contribution in [0.2, 0.25) is 4.34 Å². The quantitative estimate of drug-likeness (QED) is 0.536. The van der Waals surface area contributed by atoms with Crippen molar-refractivity contribution >= 4 is 63.0 Å². The maximum atomic E-state index is 13.2. The zero-order chi connectivity index (χ0) is 23.5. The number of amides is 3. The van der Waals surface area contributed by atoms with E-state index in [2.05, 4.69) is 15.3 Å². The average Bonchev–Trinajstić information content (AvgIpc) is 3.21. The fourth-order valence-corrected chi connectivity index (χ4v) is 4.58. The summed E-state index contributed by atoms with van der Waals surface area (Å²) in [5, 5.41) is 3.30. The Balaban J connectivity index is 1.46. The van der Waals surface area contributed by atoms with E-state index in [1.165, 1.54) is 35.7 Å². The molecule has 1 aromatic carbocycles. The largest absolute Gasteiger partial charge is 0.383 e. The van der Waals surface area contributed by atoms with E-state index in [0.717, 1.165) is 10.9 Å². The molecule has 3 N–H and O–H groups in total. The lowest BCUT2D eigenvalue weighted by atomic mass is 10.1. The fourth-order valence-electron chi connectivity index (χ4n) is 3.53. The molecule has 1 aliphatic heterocycles. The van der Waals surface area contributed by atoms with Gasteiger partial charge in [-0.05, 0) is 29.8 Å². The number of hydrogen-bond acceptors (Lipinski definition) is 7. The van der Waals surface area contributed by atoms with Crippen molar-refractivity contribution in [2.75, 3.05) is 25.4 Å². The highest BCUT2D eigenvalue weighted by molar-refractivity contribution is 7.17. The van der Waals surface area contributed by atoms with E-state index in [4.69, 9.17) is 17.3 Å². The molecular weight excluding hydrogens is 464 g/mol. The molecule has 1 fully saturated rings. The summed E-state index contributed by atoms with van der Waals surface area (Å²) in [5.74, 6) is -0.399. The average molecular weight is 485 g/mol. The Kier molecular flexibility index (Phi) is 6.57. The number of nitrogens with two attached hydrogens (primary N) is 1. The predicted octanol–water partition coefficient (Wildman–Crippen LogP) is 2.27. The molecule has 170 valence electrons. The minimum absolute atomic E-state index is 0.0575. The van der Waals surface area contributed by atoms with Gasteiger partial charge in [-0.2, -0.15) is 0 Å². The van der Waals surface area contributed by atoms with Crippen LogP contribution in [0, 0.1) is 0 Å². The van der Waals surface area contributed by atoms with Gasteiger partial charge < -0.3 is 20.9 Å². The second kappa shape index (κ2) is 9.55. The highest BCUT2D eigenvalue weighted by Gasteiger charge is 2.30. The zero-order valence-corrected chi connectivity index (χ0v) is 19.3. The first-order chi connectivity index (χ1) is 15.8. The number of rotatable bonds is 5. The summed E-state index contributed by atoms with van der Waals surface area (Å²) in [6.07, 6.45) is 2.77. The summed E-state index contributed by atoms with van der Waals surface area (Å²) in [7, 11) is 0. The van der Waals surface area contributed by atoms with Gasteiger partial charge in [0.15, 0.2) is 0 Å². The molecule has 0 aliphatic carbocycles. The Morgan fingerprint density at radius 1 is 1.24 bits per heavy atom. The van der Waals surface area contributed by atoms with Gasteiger partial charge in [-0.25, -0.2) is 9.97 Å². The number of nitrogens with one attached hydrogen (secondary N) is 1. The molecule has 3 heterocycles. The maximum absolute atomic E-state index is 13.2. The van der Waals surface area contributed by atoms with Crippen LogP contribution >= 0.6 is 22.9 Å². The van der Waals surface area contributed by atoms with Crippen molar-refractivity contribution in [1.29, 1.82) is 0 Å². The standard InChI is InChI=1S/C22H21ClN6O3S/c1-13(30)25-9-16(18-4-5-19(23)33-18)22(32)29-7-6-28(20(31)11-29)10-14-2-3-15-17(8-14)26-12-27-21(15)24/h2-5,8-9,12H,6-7,10-11H2,1H3,(H,25,30)(H2,24,26,27). The van der Waals surface area contributed by atoms with Crippen molar-refractivity contribution in [1.82, 2.24) is 25.1 Å². The first kappa shape index (κ1) is 22.7. The van der Waals surface area contributed by atoms with Crippen LogP contribution in [0.25, 0.3) is 16.5 Å². The first-order valence-electron chi connectivity index (χ1n) is 10.1. The molecule has 3 aromatic rings. The number of nitrogen functional groups attached to an aromatic ring is 1. The van der Waals surface area contributed by atoms with Gasteiger partial charge in [0.25, 0.3) is 5.91 Å². The van der Waals surface area contributed by atoms with Crippen molar-refractivity contribution in [3.63, 3.8) is 0 Å². The van der Waals surface area contributed by atoms with Crippen molar-refractivity contribution in [3.05, 3.63) is 57.6 Å². The SMILES string of the molecule is CC(=O)NC=C(C(=O)N1CCN(Cc2ccc3c(N)ncnc3c2)C(=O)C1)c1ccc(Cl)s1. The predicted molar refractivity (Wildman–Crippen MR) is 127 cm³/mol. The van der Waals surface area contributed by atoms with Gasteiger partial charge in [-0.1, -0.05) is 17.7 Å². The van der Waals surface area contributed by atoms with Gasteiger partial charge in [0, 0.05) is 43.0 Å².